The number of imidazole rings is 1. The summed E-state index contributed by atoms with van der Waals surface area (Å²) in [6.45, 7) is 2.82. The average Bonchev–Trinajstić information content (AvgIpc) is 3.59. The molecule has 6 nitrogen and oxygen atoms in total. The zero-order valence-electron chi connectivity index (χ0n) is 21.8. The quantitative estimate of drug-likeness (QED) is 0.203. The molecule has 1 aromatic heterocycles. The molecular weight excluding hydrogens is 533 g/mol. The fraction of sp³-hybridized carbons (Fsp3) is 0.258. The van der Waals surface area contributed by atoms with Crippen molar-refractivity contribution >= 4 is 29.3 Å². The van der Waals surface area contributed by atoms with Gasteiger partial charge in [0, 0.05) is 36.1 Å². The number of benzene rings is 3. The minimum absolute atomic E-state index is 0.275. The molecule has 0 amide bonds. The number of likely N-dealkylation sites (N-methyl/N-ethyl adjacent to an activating group) is 1. The molecule has 202 valence electrons. The van der Waals surface area contributed by atoms with Gasteiger partial charge in [-0.25, -0.2) is 4.98 Å². The van der Waals surface area contributed by atoms with E-state index in [4.69, 9.17) is 37.4 Å². The Balaban J connectivity index is 1.15. The molecule has 1 aliphatic heterocycles. The highest BCUT2D eigenvalue weighted by molar-refractivity contribution is 6.35. The van der Waals surface area contributed by atoms with Crippen molar-refractivity contribution in [2.45, 2.75) is 25.0 Å². The first-order chi connectivity index (χ1) is 19.0. The molecule has 0 bridgehead atoms. The normalized spacial score (nSPS) is 19.2. The van der Waals surface area contributed by atoms with Crippen molar-refractivity contribution < 1.29 is 14.2 Å². The molecule has 1 aliphatic rings. The van der Waals surface area contributed by atoms with Crippen molar-refractivity contribution in [1.29, 1.82) is 0 Å². The Morgan fingerprint density at radius 2 is 1.92 bits per heavy atom. The number of aromatic nitrogens is 2. The highest BCUT2D eigenvalue weighted by Crippen LogP contribution is 2.40. The van der Waals surface area contributed by atoms with Crippen molar-refractivity contribution in [2.24, 2.45) is 0 Å². The smallest absolute Gasteiger partial charge is 0.215 e. The molecule has 3 aromatic carbocycles. The Bertz CT molecular complexity index is 1360. The van der Waals surface area contributed by atoms with Gasteiger partial charge in [-0.05, 0) is 42.4 Å². The minimum Gasteiger partial charge on any atom is -0.491 e. The lowest BCUT2D eigenvalue weighted by atomic mass is 10.1. The molecule has 0 saturated carbocycles. The van der Waals surface area contributed by atoms with Gasteiger partial charge in [0.25, 0.3) is 0 Å². The molecule has 2 heterocycles. The van der Waals surface area contributed by atoms with Crippen LogP contribution in [0, 0.1) is 0 Å². The van der Waals surface area contributed by atoms with E-state index in [0.717, 1.165) is 24.4 Å². The van der Waals surface area contributed by atoms with Gasteiger partial charge in [0.2, 0.25) is 5.79 Å². The summed E-state index contributed by atoms with van der Waals surface area (Å²) in [5.74, 6) is -0.287. The van der Waals surface area contributed by atoms with Crippen LogP contribution in [0.3, 0.4) is 0 Å². The summed E-state index contributed by atoms with van der Waals surface area (Å²) in [6.07, 6.45) is 9.35. The van der Waals surface area contributed by atoms with Gasteiger partial charge in [0.05, 0.1) is 24.5 Å². The predicted molar refractivity (Wildman–Crippen MR) is 155 cm³/mol. The number of ether oxygens (including phenoxy) is 3. The van der Waals surface area contributed by atoms with Gasteiger partial charge in [0.15, 0.2) is 0 Å². The summed E-state index contributed by atoms with van der Waals surface area (Å²) in [5.41, 5.74) is 3.14. The van der Waals surface area contributed by atoms with E-state index in [1.807, 2.05) is 47.2 Å². The third-order valence-corrected chi connectivity index (χ3v) is 7.04. The van der Waals surface area contributed by atoms with Gasteiger partial charge in [-0.1, -0.05) is 83.9 Å². The van der Waals surface area contributed by atoms with E-state index < -0.39 is 5.79 Å². The summed E-state index contributed by atoms with van der Waals surface area (Å²) in [4.78, 5) is 6.40. The van der Waals surface area contributed by atoms with Crippen LogP contribution in [-0.4, -0.2) is 47.4 Å². The van der Waals surface area contributed by atoms with E-state index in [0.29, 0.717) is 29.8 Å². The maximum Gasteiger partial charge on any atom is 0.215 e. The average molecular weight is 565 g/mol. The van der Waals surface area contributed by atoms with Crippen LogP contribution in [0.2, 0.25) is 10.0 Å². The van der Waals surface area contributed by atoms with Gasteiger partial charge < -0.3 is 18.8 Å². The van der Waals surface area contributed by atoms with Crippen LogP contribution in [0.4, 0.5) is 0 Å². The first-order valence-electron chi connectivity index (χ1n) is 12.8. The van der Waals surface area contributed by atoms with Gasteiger partial charge >= 0.3 is 0 Å². The lowest BCUT2D eigenvalue weighted by molar-refractivity contribution is -0.189. The zero-order chi connectivity index (χ0) is 27.1. The Labute approximate surface area is 239 Å². The molecule has 1 saturated heterocycles. The molecule has 8 heteroatoms. The summed E-state index contributed by atoms with van der Waals surface area (Å²) in [7, 11) is 2.11. The Morgan fingerprint density at radius 1 is 1.10 bits per heavy atom. The molecule has 0 N–H and O–H groups in total. The van der Waals surface area contributed by atoms with Gasteiger partial charge in [0.1, 0.15) is 18.5 Å². The highest BCUT2D eigenvalue weighted by Gasteiger charge is 2.45. The first-order valence-corrected chi connectivity index (χ1v) is 13.6. The van der Waals surface area contributed by atoms with Crippen LogP contribution in [-0.2, 0) is 28.4 Å². The molecular formula is C31H31Cl2N3O3. The summed E-state index contributed by atoms with van der Waals surface area (Å²) < 4.78 is 20.7. The number of halogens is 2. The zero-order valence-corrected chi connectivity index (χ0v) is 23.3. The van der Waals surface area contributed by atoms with Crippen LogP contribution in [0.15, 0.2) is 97.6 Å². The Morgan fingerprint density at radius 3 is 2.67 bits per heavy atom. The lowest BCUT2D eigenvalue weighted by Gasteiger charge is -2.30. The van der Waals surface area contributed by atoms with Crippen LogP contribution >= 0.6 is 23.2 Å². The molecule has 0 spiro atoms. The molecule has 39 heavy (non-hydrogen) atoms. The van der Waals surface area contributed by atoms with E-state index in [-0.39, 0.29) is 6.10 Å². The van der Waals surface area contributed by atoms with E-state index >= 15 is 0 Å². The van der Waals surface area contributed by atoms with Crippen LogP contribution in [0.1, 0.15) is 16.7 Å². The number of rotatable bonds is 11. The van der Waals surface area contributed by atoms with Gasteiger partial charge in [-0.3, -0.25) is 4.90 Å². The Kier molecular flexibility index (Phi) is 9.02. The third kappa shape index (κ3) is 7.29. The molecule has 0 unspecified atom stereocenters. The number of nitrogens with zero attached hydrogens (tertiary/aromatic N) is 3. The largest absolute Gasteiger partial charge is 0.491 e. The minimum atomic E-state index is -1.07. The first kappa shape index (κ1) is 27.4. The van der Waals surface area contributed by atoms with Crippen molar-refractivity contribution in [2.75, 3.05) is 26.8 Å². The third-order valence-electron chi connectivity index (χ3n) is 6.49. The van der Waals surface area contributed by atoms with Crippen molar-refractivity contribution in [3.05, 3.63) is 124 Å². The van der Waals surface area contributed by atoms with Crippen LogP contribution in [0.25, 0.3) is 6.08 Å². The highest BCUT2D eigenvalue weighted by atomic mass is 35.5. The van der Waals surface area contributed by atoms with Crippen molar-refractivity contribution in [3.63, 3.8) is 0 Å². The van der Waals surface area contributed by atoms with Crippen molar-refractivity contribution in [1.82, 2.24) is 14.5 Å². The second kappa shape index (κ2) is 12.8. The SMILES string of the molecule is CN(CC=Cc1ccccc1)Cc1ccc(OC[C@@H]2CO[C@@](Cn3ccnc3)(c3ccc(Cl)cc3Cl)O2)cc1. The number of hydrogen-bond acceptors (Lipinski definition) is 5. The monoisotopic (exact) mass is 563 g/mol. The van der Waals surface area contributed by atoms with E-state index in [1.165, 1.54) is 11.1 Å². The standard InChI is InChI=1S/C31H31Cl2N3O3/c1-35(16-5-8-24-6-3-2-4-7-24)19-25-9-12-27(13-10-25)37-20-28-21-38-31(39-28,22-36-17-15-34-23-36)29-14-11-26(32)18-30(29)33/h2-15,17-18,23,28H,16,19-22H2,1H3/t28-,31-/m1/s1. The molecule has 5 rings (SSSR count). The second-order valence-electron chi connectivity index (χ2n) is 9.63. The Hall–Kier alpha value is -3.13. The molecule has 0 radical (unpaired) electrons. The maximum absolute atomic E-state index is 6.56. The van der Waals surface area contributed by atoms with Crippen LogP contribution < -0.4 is 4.74 Å². The molecule has 0 aliphatic carbocycles. The lowest BCUT2D eigenvalue weighted by Crippen LogP contribution is -2.34. The van der Waals surface area contributed by atoms with E-state index in [9.17, 15) is 0 Å². The van der Waals surface area contributed by atoms with Gasteiger partial charge in [-0.2, -0.15) is 0 Å². The van der Waals surface area contributed by atoms with Crippen LogP contribution in [0.5, 0.6) is 5.75 Å². The molecule has 1 fully saturated rings. The second-order valence-corrected chi connectivity index (χ2v) is 10.5. The van der Waals surface area contributed by atoms with Crippen molar-refractivity contribution in [3.8, 4) is 5.75 Å². The predicted octanol–water partition coefficient (Wildman–Crippen LogP) is 6.68. The summed E-state index contributed by atoms with van der Waals surface area (Å²) in [5, 5.41) is 1.04. The summed E-state index contributed by atoms with van der Waals surface area (Å²) >= 11 is 12.7. The fourth-order valence-corrected chi connectivity index (χ4v) is 5.12. The molecule has 4 aromatic rings. The van der Waals surface area contributed by atoms with Gasteiger partial charge in [-0.15, -0.1) is 0 Å². The number of hydrogen-bond donors (Lipinski definition) is 0. The topological polar surface area (TPSA) is 48.8 Å². The van der Waals surface area contributed by atoms with E-state index in [1.54, 1.807) is 24.7 Å². The summed E-state index contributed by atoms with van der Waals surface area (Å²) in [6, 6.07) is 23.8. The molecule has 2 atom stereocenters. The maximum atomic E-state index is 6.56. The van der Waals surface area contributed by atoms with E-state index in [2.05, 4.69) is 53.3 Å². The fourth-order valence-electron chi connectivity index (χ4n) is 4.56.